The third-order valence-corrected chi connectivity index (χ3v) is 5.60. The number of rotatable bonds is 6. The number of hydrogen-bond donors (Lipinski definition) is 3. The number of benzene rings is 1. The van der Waals surface area contributed by atoms with Gasteiger partial charge in [0.2, 0.25) is 5.91 Å². The molecule has 2 bridgehead atoms. The molecule has 25 heavy (non-hydrogen) atoms. The molecule has 2 fully saturated rings. The highest BCUT2D eigenvalue weighted by Crippen LogP contribution is 2.49. The summed E-state index contributed by atoms with van der Waals surface area (Å²) in [4.78, 5) is 23.8. The zero-order chi connectivity index (χ0) is 17.8. The van der Waals surface area contributed by atoms with Crippen molar-refractivity contribution in [2.45, 2.75) is 45.2 Å². The highest BCUT2D eigenvalue weighted by atomic mass is 19.1. The second kappa shape index (κ2) is 7.85. The molecule has 4 atom stereocenters. The summed E-state index contributed by atoms with van der Waals surface area (Å²) in [6.45, 7) is 2.31. The van der Waals surface area contributed by atoms with Crippen LogP contribution in [0.5, 0.6) is 0 Å². The number of halogens is 1. The molecule has 4 unspecified atom stereocenters. The van der Waals surface area contributed by atoms with Crippen molar-refractivity contribution >= 4 is 11.9 Å². The van der Waals surface area contributed by atoms with Gasteiger partial charge in [-0.1, -0.05) is 18.6 Å². The summed E-state index contributed by atoms with van der Waals surface area (Å²) in [5, 5.41) is 8.23. The minimum absolute atomic E-state index is 0.0413. The molecule has 5 nitrogen and oxygen atoms in total. The van der Waals surface area contributed by atoms with Crippen LogP contribution in [0.3, 0.4) is 0 Å². The van der Waals surface area contributed by atoms with Crippen LogP contribution in [0.2, 0.25) is 0 Å². The summed E-state index contributed by atoms with van der Waals surface area (Å²) in [7, 11) is 0. The van der Waals surface area contributed by atoms with Gasteiger partial charge in [0.25, 0.3) is 0 Å². The first-order chi connectivity index (χ1) is 12.0. The summed E-state index contributed by atoms with van der Waals surface area (Å²) < 4.78 is 12.8. The number of carbonyl (C=O) groups excluding carboxylic acids is 2. The van der Waals surface area contributed by atoms with E-state index in [-0.39, 0.29) is 30.9 Å². The molecule has 0 aliphatic heterocycles. The number of nitrogens with one attached hydrogen (secondary N) is 3. The van der Waals surface area contributed by atoms with Crippen molar-refractivity contribution in [3.63, 3.8) is 0 Å². The van der Waals surface area contributed by atoms with Crippen molar-refractivity contribution in [1.29, 1.82) is 0 Å². The number of hydrogen-bond acceptors (Lipinski definition) is 2. The van der Waals surface area contributed by atoms with E-state index in [1.165, 1.54) is 37.8 Å². The fourth-order valence-electron chi connectivity index (χ4n) is 4.33. The summed E-state index contributed by atoms with van der Waals surface area (Å²) in [5.74, 6) is 1.72. The average Bonchev–Trinajstić information content (AvgIpc) is 3.23. The number of amides is 3. The Morgan fingerprint density at radius 3 is 2.56 bits per heavy atom. The van der Waals surface area contributed by atoms with E-state index in [4.69, 9.17) is 0 Å². The quantitative estimate of drug-likeness (QED) is 0.740. The minimum atomic E-state index is -0.410. The van der Waals surface area contributed by atoms with E-state index < -0.39 is 6.03 Å². The van der Waals surface area contributed by atoms with Crippen molar-refractivity contribution in [2.24, 2.45) is 17.8 Å². The molecule has 3 rings (SSSR count). The summed E-state index contributed by atoms with van der Waals surface area (Å²) >= 11 is 0. The van der Waals surface area contributed by atoms with E-state index in [0.717, 1.165) is 17.4 Å². The lowest BCUT2D eigenvalue weighted by Crippen LogP contribution is -2.46. The highest BCUT2D eigenvalue weighted by molar-refractivity contribution is 5.84. The van der Waals surface area contributed by atoms with Gasteiger partial charge in [0.1, 0.15) is 5.82 Å². The Kier molecular flexibility index (Phi) is 5.56. The summed E-state index contributed by atoms with van der Waals surface area (Å²) in [6, 6.07) is 5.66. The molecule has 136 valence electrons. The number of urea groups is 1. The topological polar surface area (TPSA) is 70.2 Å². The third kappa shape index (κ3) is 4.71. The molecule has 0 heterocycles. The Morgan fingerprint density at radius 1 is 1.16 bits per heavy atom. The molecule has 2 aliphatic carbocycles. The van der Waals surface area contributed by atoms with Crippen molar-refractivity contribution in [3.05, 3.63) is 35.6 Å². The van der Waals surface area contributed by atoms with Gasteiger partial charge in [-0.2, -0.15) is 0 Å². The van der Waals surface area contributed by atoms with Crippen molar-refractivity contribution < 1.29 is 14.0 Å². The molecule has 2 saturated carbocycles. The maximum Gasteiger partial charge on any atom is 0.315 e. The lowest BCUT2D eigenvalue weighted by Gasteiger charge is -2.28. The third-order valence-electron chi connectivity index (χ3n) is 5.60. The predicted octanol–water partition coefficient (Wildman–Crippen LogP) is 2.57. The number of carbonyl (C=O) groups is 2. The molecule has 0 radical (unpaired) electrons. The van der Waals surface area contributed by atoms with Crippen LogP contribution in [-0.4, -0.2) is 24.5 Å². The van der Waals surface area contributed by atoms with Crippen LogP contribution >= 0.6 is 0 Å². The van der Waals surface area contributed by atoms with Crippen LogP contribution in [0.25, 0.3) is 0 Å². The van der Waals surface area contributed by atoms with Gasteiger partial charge in [0, 0.05) is 12.6 Å². The van der Waals surface area contributed by atoms with Crippen LogP contribution in [0.1, 0.15) is 38.2 Å². The minimum Gasteiger partial charge on any atom is -0.352 e. The fourth-order valence-corrected chi connectivity index (χ4v) is 4.33. The van der Waals surface area contributed by atoms with Crippen LogP contribution < -0.4 is 16.0 Å². The zero-order valence-electron chi connectivity index (χ0n) is 14.6. The van der Waals surface area contributed by atoms with Gasteiger partial charge in [-0.15, -0.1) is 0 Å². The Bertz CT molecular complexity index is 620. The molecule has 3 amide bonds. The maximum absolute atomic E-state index is 12.8. The Hall–Kier alpha value is -2.11. The first kappa shape index (κ1) is 17.7. The van der Waals surface area contributed by atoms with E-state index in [9.17, 15) is 14.0 Å². The zero-order valence-corrected chi connectivity index (χ0v) is 14.6. The van der Waals surface area contributed by atoms with Crippen molar-refractivity contribution in [3.8, 4) is 0 Å². The first-order valence-electron chi connectivity index (χ1n) is 9.06. The summed E-state index contributed by atoms with van der Waals surface area (Å²) in [5.41, 5.74) is 0.797. The average molecular weight is 347 g/mol. The second-order valence-corrected chi connectivity index (χ2v) is 7.36. The summed E-state index contributed by atoms with van der Waals surface area (Å²) in [6.07, 6.45) is 5.17. The largest absolute Gasteiger partial charge is 0.352 e. The lowest BCUT2D eigenvalue weighted by atomic mass is 9.84. The molecule has 0 spiro atoms. The molecule has 1 aromatic rings. The lowest BCUT2D eigenvalue weighted by molar-refractivity contribution is -0.121. The van der Waals surface area contributed by atoms with Gasteiger partial charge < -0.3 is 16.0 Å². The van der Waals surface area contributed by atoms with E-state index >= 15 is 0 Å². The normalized spacial score (nSPS) is 25.4. The van der Waals surface area contributed by atoms with E-state index in [1.807, 2.05) is 0 Å². The van der Waals surface area contributed by atoms with Crippen LogP contribution in [0.15, 0.2) is 24.3 Å². The smallest absolute Gasteiger partial charge is 0.315 e. The molecule has 3 N–H and O–H groups in total. The van der Waals surface area contributed by atoms with Crippen molar-refractivity contribution in [1.82, 2.24) is 16.0 Å². The maximum atomic E-state index is 12.8. The second-order valence-electron chi connectivity index (χ2n) is 7.36. The molecule has 0 saturated heterocycles. The van der Waals surface area contributed by atoms with Gasteiger partial charge in [0.15, 0.2) is 0 Å². The van der Waals surface area contributed by atoms with Crippen molar-refractivity contribution in [2.75, 3.05) is 6.54 Å². The standard InChI is InChI=1S/C19H26FN3O2/c1-12(17-9-14-2-5-15(17)8-14)23-18(24)11-22-19(25)21-10-13-3-6-16(20)7-4-13/h3-4,6-7,12,14-15,17H,2,5,8-11H2,1H3,(H,23,24)(H2,21,22,25). The predicted molar refractivity (Wildman–Crippen MR) is 93.2 cm³/mol. The molecule has 1 aromatic carbocycles. The monoisotopic (exact) mass is 347 g/mol. The fraction of sp³-hybridized carbons (Fsp3) is 0.579. The van der Waals surface area contributed by atoms with Crippen LogP contribution in [0.4, 0.5) is 9.18 Å². The Morgan fingerprint density at radius 2 is 1.92 bits per heavy atom. The van der Waals surface area contributed by atoms with E-state index in [2.05, 4.69) is 22.9 Å². The van der Waals surface area contributed by atoms with Gasteiger partial charge in [-0.3, -0.25) is 4.79 Å². The van der Waals surface area contributed by atoms with Gasteiger partial charge in [-0.25, -0.2) is 9.18 Å². The Labute approximate surface area is 147 Å². The highest BCUT2D eigenvalue weighted by Gasteiger charge is 2.42. The molecule has 0 aromatic heterocycles. The Balaban J connectivity index is 1.34. The molecular weight excluding hydrogens is 321 g/mol. The van der Waals surface area contributed by atoms with E-state index in [1.54, 1.807) is 12.1 Å². The van der Waals surface area contributed by atoms with Gasteiger partial charge in [0.05, 0.1) is 6.54 Å². The molecule has 2 aliphatic rings. The SMILES string of the molecule is CC(NC(=O)CNC(=O)NCc1ccc(F)cc1)C1CC2CCC1C2. The first-order valence-corrected chi connectivity index (χ1v) is 9.06. The van der Waals surface area contributed by atoms with E-state index in [0.29, 0.717) is 5.92 Å². The number of fused-ring (bicyclic) bond motifs is 2. The molecular formula is C19H26FN3O2. The van der Waals surface area contributed by atoms with Crippen LogP contribution in [0, 0.1) is 23.6 Å². The van der Waals surface area contributed by atoms with Gasteiger partial charge >= 0.3 is 6.03 Å². The van der Waals surface area contributed by atoms with Gasteiger partial charge in [-0.05, 0) is 61.6 Å². The van der Waals surface area contributed by atoms with Crippen LogP contribution in [-0.2, 0) is 11.3 Å². The molecule has 6 heteroatoms.